The molecule has 0 spiro atoms. The summed E-state index contributed by atoms with van der Waals surface area (Å²) in [7, 11) is 1.47. The number of benzene rings is 2. The van der Waals surface area contributed by atoms with Crippen LogP contribution in [-0.4, -0.2) is 42.3 Å². The molecule has 0 aliphatic carbocycles. The lowest BCUT2D eigenvalue weighted by molar-refractivity contribution is -0.119. The Bertz CT molecular complexity index is 996. The standard InChI is InChI=1S/C21H21Cl2N3O4/c1-12(27)24-14-6-7-16(23)17(11-14)25-20(28)18-4-3-9-26(18)21(29)15-10-13(22)5-8-19(15)30-2/h5-8,10-11,18H,3-4,9H2,1-2H3,(H,24,27)(H,25,28). The normalized spacial score (nSPS) is 15.6. The summed E-state index contributed by atoms with van der Waals surface area (Å²) < 4.78 is 5.27. The summed E-state index contributed by atoms with van der Waals surface area (Å²) in [5.41, 5.74) is 1.16. The van der Waals surface area contributed by atoms with Gasteiger partial charge in [-0.3, -0.25) is 14.4 Å². The van der Waals surface area contributed by atoms with Crippen molar-refractivity contribution in [1.29, 1.82) is 0 Å². The number of carbonyl (C=O) groups is 3. The summed E-state index contributed by atoms with van der Waals surface area (Å²) in [5, 5.41) is 6.14. The lowest BCUT2D eigenvalue weighted by atomic mass is 10.1. The highest BCUT2D eigenvalue weighted by atomic mass is 35.5. The van der Waals surface area contributed by atoms with Crippen molar-refractivity contribution in [2.24, 2.45) is 0 Å². The fourth-order valence-corrected chi connectivity index (χ4v) is 3.74. The highest BCUT2D eigenvalue weighted by molar-refractivity contribution is 6.34. The first-order valence-corrected chi connectivity index (χ1v) is 10.1. The third-order valence-electron chi connectivity index (χ3n) is 4.75. The maximum Gasteiger partial charge on any atom is 0.258 e. The molecule has 158 valence electrons. The van der Waals surface area contributed by atoms with Gasteiger partial charge in [0.1, 0.15) is 11.8 Å². The zero-order valence-corrected chi connectivity index (χ0v) is 18.0. The van der Waals surface area contributed by atoms with Crippen LogP contribution in [0, 0.1) is 0 Å². The molecule has 0 saturated carbocycles. The third-order valence-corrected chi connectivity index (χ3v) is 5.32. The molecule has 1 aliphatic heterocycles. The first-order chi connectivity index (χ1) is 14.3. The second-order valence-corrected chi connectivity index (χ2v) is 7.71. The van der Waals surface area contributed by atoms with Crippen molar-refractivity contribution >= 4 is 52.3 Å². The van der Waals surface area contributed by atoms with Crippen molar-refractivity contribution in [1.82, 2.24) is 4.90 Å². The van der Waals surface area contributed by atoms with E-state index in [1.807, 2.05) is 0 Å². The summed E-state index contributed by atoms with van der Waals surface area (Å²) in [6.07, 6.45) is 1.20. The van der Waals surface area contributed by atoms with E-state index < -0.39 is 6.04 Å². The first kappa shape index (κ1) is 21.9. The molecule has 1 fully saturated rings. The number of anilines is 2. The second-order valence-electron chi connectivity index (χ2n) is 6.87. The number of halogens is 2. The Morgan fingerprint density at radius 3 is 2.57 bits per heavy atom. The predicted molar refractivity (Wildman–Crippen MR) is 116 cm³/mol. The Labute approximate surface area is 184 Å². The summed E-state index contributed by atoms with van der Waals surface area (Å²) in [6.45, 7) is 1.82. The minimum Gasteiger partial charge on any atom is -0.496 e. The van der Waals surface area contributed by atoms with Crippen LogP contribution in [0.25, 0.3) is 0 Å². The van der Waals surface area contributed by atoms with Crippen LogP contribution in [0.1, 0.15) is 30.1 Å². The molecule has 0 aromatic heterocycles. The van der Waals surface area contributed by atoms with Crippen molar-refractivity contribution < 1.29 is 19.1 Å². The van der Waals surface area contributed by atoms with E-state index in [0.29, 0.717) is 52.1 Å². The zero-order valence-electron chi connectivity index (χ0n) is 16.5. The largest absolute Gasteiger partial charge is 0.496 e. The molecule has 9 heteroatoms. The average molecular weight is 450 g/mol. The van der Waals surface area contributed by atoms with Crippen molar-refractivity contribution in [2.45, 2.75) is 25.8 Å². The van der Waals surface area contributed by atoms with E-state index in [-0.39, 0.29) is 17.7 Å². The number of hydrogen-bond acceptors (Lipinski definition) is 4. The van der Waals surface area contributed by atoms with Crippen LogP contribution < -0.4 is 15.4 Å². The first-order valence-electron chi connectivity index (χ1n) is 9.32. The molecule has 7 nitrogen and oxygen atoms in total. The van der Waals surface area contributed by atoms with E-state index in [4.69, 9.17) is 27.9 Å². The van der Waals surface area contributed by atoms with Gasteiger partial charge in [0.05, 0.1) is 23.4 Å². The van der Waals surface area contributed by atoms with E-state index >= 15 is 0 Å². The van der Waals surface area contributed by atoms with Crippen molar-refractivity contribution in [3.63, 3.8) is 0 Å². The molecule has 1 atom stereocenters. The van der Waals surface area contributed by atoms with Crippen LogP contribution >= 0.6 is 23.2 Å². The summed E-state index contributed by atoms with van der Waals surface area (Å²) in [4.78, 5) is 38.9. The molecule has 1 unspecified atom stereocenters. The molecule has 0 bridgehead atoms. The molecule has 2 aromatic rings. The zero-order chi connectivity index (χ0) is 21.8. The minimum atomic E-state index is -0.665. The number of rotatable bonds is 5. The number of methoxy groups -OCH3 is 1. The Balaban J connectivity index is 1.81. The van der Waals surface area contributed by atoms with Gasteiger partial charge in [0, 0.05) is 24.2 Å². The smallest absolute Gasteiger partial charge is 0.258 e. The van der Waals surface area contributed by atoms with Gasteiger partial charge in [-0.15, -0.1) is 0 Å². The van der Waals surface area contributed by atoms with Crippen LogP contribution in [-0.2, 0) is 9.59 Å². The van der Waals surface area contributed by atoms with Crippen LogP contribution in [0.3, 0.4) is 0 Å². The Morgan fingerprint density at radius 2 is 1.87 bits per heavy atom. The van der Waals surface area contributed by atoms with Gasteiger partial charge in [-0.05, 0) is 49.2 Å². The Kier molecular flexibility index (Phi) is 6.84. The molecular formula is C21H21Cl2N3O4. The third kappa shape index (κ3) is 4.86. The average Bonchev–Trinajstić information content (AvgIpc) is 3.19. The van der Waals surface area contributed by atoms with Gasteiger partial charge >= 0.3 is 0 Å². The molecule has 0 radical (unpaired) electrons. The molecule has 1 aliphatic rings. The van der Waals surface area contributed by atoms with Gasteiger partial charge in [0.25, 0.3) is 5.91 Å². The number of likely N-dealkylation sites (tertiary alicyclic amines) is 1. The van der Waals surface area contributed by atoms with Gasteiger partial charge < -0.3 is 20.3 Å². The fraction of sp³-hybridized carbons (Fsp3) is 0.286. The monoisotopic (exact) mass is 449 g/mol. The predicted octanol–water partition coefficient (Wildman–Crippen LogP) is 4.20. The number of amides is 3. The van der Waals surface area contributed by atoms with E-state index in [1.54, 1.807) is 30.3 Å². The summed E-state index contributed by atoms with van der Waals surface area (Å²) >= 11 is 12.2. The summed E-state index contributed by atoms with van der Waals surface area (Å²) in [6, 6.07) is 8.91. The van der Waals surface area contributed by atoms with Gasteiger partial charge in [0.15, 0.2) is 0 Å². The van der Waals surface area contributed by atoms with Crippen LogP contribution in [0.5, 0.6) is 5.75 Å². The van der Waals surface area contributed by atoms with Gasteiger partial charge in [-0.1, -0.05) is 23.2 Å². The topological polar surface area (TPSA) is 87.7 Å². The van der Waals surface area contributed by atoms with Crippen molar-refractivity contribution in [2.75, 3.05) is 24.3 Å². The molecule has 3 amide bonds. The van der Waals surface area contributed by atoms with Crippen LogP contribution in [0.2, 0.25) is 10.0 Å². The van der Waals surface area contributed by atoms with E-state index in [1.165, 1.54) is 25.0 Å². The quantitative estimate of drug-likeness (QED) is 0.715. The van der Waals surface area contributed by atoms with Gasteiger partial charge in [0.2, 0.25) is 11.8 Å². The summed E-state index contributed by atoms with van der Waals surface area (Å²) in [5.74, 6) is -0.534. The molecule has 30 heavy (non-hydrogen) atoms. The molecular weight excluding hydrogens is 429 g/mol. The Hall–Kier alpha value is -2.77. The van der Waals surface area contributed by atoms with E-state index in [2.05, 4.69) is 10.6 Å². The number of carbonyl (C=O) groups excluding carboxylic acids is 3. The number of ether oxygens (including phenoxy) is 1. The van der Waals surface area contributed by atoms with E-state index in [0.717, 1.165) is 0 Å². The Morgan fingerprint density at radius 1 is 1.10 bits per heavy atom. The lowest BCUT2D eigenvalue weighted by Crippen LogP contribution is -2.43. The van der Waals surface area contributed by atoms with Crippen LogP contribution in [0.4, 0.5) is 11.4 Å². The minimum absolute atomic E-state index is 0.238. The second kappa shape index (κ2) is 9.36. The fourth-order valence-electron chi connectivity index (χ4n) is 3.40. The number of hydrogen-bond donors (Lipinski definition) is 2. The lowest BCUT2D eigenvalue weighted by Gasteiger charge is -2.25. The number of nitrogens with zero attached hydrogens (tertiary/aromatic N) is 1. The maximum atomic E-state index is 13.1. The molecule has 1 saturated heterocycles. The highest BCUT2D eigenvalue weighted by Crippen LogP contribution is 2.30. The molecule has 3 rings (SSSR count). The van der Waals surface area contributed by atoms with Crippen molar-refractivity contribution in [3.05, 3.63) is 52.0 Å². The molecule has 2 N–H and O–H groups in total. The molecule has 2 aromatic carbocycles. The number of nitrogens with one attached hydrogen (secondary N) is 2. The van der Waals surface area contributed by atoms with Gasteiger partial charge in [-0.25, -0.2) is 0 Å². The van der Waals surface area contributed by atoms with E-state index in [9.17, 15) is 14.4 Å². The highest BCUT2D eigenvalue weighted by Gasteiger charge is 2.35. The van der Waals surface area contributed by atoms with Crippen LogP contribution in [0.15, 0.2) is 36.4 Å². The SMILES string of the molecule is COc1ccc(Cl)cc1C(=O)N1CCCC1C(=O)Nc1cc(NC(C)=O)ccc1Cl. The van der Waals surface area contributed by atoms with Crippen molar-refractivity contribution in [3.8, 4) is 5.75 Å². The molecule has 1 heterocycles. The maximum absolute atomic E-state index is 13.1. The van der Waals surface area contributed by atoms with Gasteiger partial charge in [-0.2, -0.15) is 0 Å².